The van der Waals surface area contributed by atoms with Gasteiger partial charge >= 0.3 is 0 Å². The zero-order chi connectivity index (χ0) is 12.7. The quantitative estimate of drug-likeness (QED) is 0.866. The van der Waals surface area contributed by atoms with Crippen LogP contribution in [0.5, 0.6) is 0 Å². The maximum Gasteiger partial charge on any atom is 0.252 e. The lowest BCUT2D eigenvalue weighted by Crippen LogP contribution is -2.28. The fraction of sp³-hybridized carbons (Fsp3) is 0.286. The molecule has 0 saturated heterocycles. The summed E-state index contributed by atoms with van der Waals surface area (Å²) in [5.74, 6) is -0.147. The Morgan fingerprint density at radius 1 is 1.33 bits per heavy atom. The largest absolute Gasteiger partial charge is 0.349 e. The van der Waals surface area contributed by atoms with Gasteiger partial charge in [-0.3, -0.25) is 9.59 Å². The van der Waals surface area contributed by atoms with Gasteiger partial charge in [0.05, 0.1) is 11.1 Å². The standard InChI is InChI=1S/C14H14N2O2/c1-16-12-5-3-2-4-10(12)11(8-13(16)17)14(18)15-9-6-7-9/h2-5,8-9H,6-7H2,1H3,(H,15,18). The van der Waals surface area contributed by atoms with Crippen LogP contribution >= 0.6 is 0 Å². The van der Waals surface area contributed by atoms with Gasteiger partial charge in [-0.2, -0.15) is 0 Å². The molecule has 3 rings (SSSR count). The van der Waals surface area contributed by atoms with Crippen molar-refractivity contribution in [2.75, 3.05) is 0 Å². The van der Waals surface area contributed by atoms with E-state index in [1.54, 1.807) is 11.6 Å². The molecule has 0 atom stereocenters. The van der Waals surface area contributed by atoms with Crippen LogP contribution in [0.2, 0.25) is 0 Å². The summed E-state index contributed by atoms with van der Waals surface area (Å²) in [7, 11) is 1.72. The molecule has 4 heteroatoms. The van der Waals surface area contributed by atoms with Gasteiger partial charge in [-0.1, -0.05) is 18.2 Å². The van der Waals surface area contributed by atoms with Crippen LogP contribution < -0.4 is 10.9 Å². The Hall–Kier alpha value is -2.10. The Labute approximate surface area is 104 Å². The summed E-state index contributed by atoms with van der Waals surface area (Å²) < 4.78 is 1.56. The normalized spacial score (nSPS) is 14.7. The summed E-state index contributed by atoms with van der Waals surface area (Å²) in [5.41, 5.74) is 1.10. The Morgan fingerprint density at radius 3 is 2.78 bits per heavy atom. The minimum Gasteiger partial charge on any atom is -0.349 e. The van der Waals surface area contributed by atoms with Crippen LogP contribution in [0.25, 0.3) is 10.9 Å². The van der Waals surface area contributed by atoms with E-state index in [1.165, 1.54) is 6.07 Å². The molecule has 18 heavy (non-hydrogen) atoms. The van der Waals surface area contributed by atoms with E-state index in [9.17, 15) is 9.59 Å². The van der Waals surface area contributed by atoms with E-state index in [0.717, 1.165) is 23.7 Å². The molecule has 0 bridgehead atoms. The molecule has 0 radical (unpaired) electrons. The van der Waals surface area contributed by atoms with Gasteiger partial charge in [0.25, 0.3) is 11.5 Å². The van der Waals surface area contributed by atoms with Crippen molar-refractivity contribution >= 4 is 16.8 Å². The van der Waals surface area contributed by atoms with E-state index in [1.807, 2.05) is 24.3 Å². The van der Waals surface area contributed by atoms with Gasteiger partial charge in [0, 0.05) is 24.5 Å². The second kappa shape index (κ2) is 3.98. The Morgan fingerprint density at radius 2 is 2.06 bits per heavy atom. The van der Waals surface area contributed by atoms with Crippen molar-refractivity contribution in [1.29, 1.82) is 0 Å². The topological polar surface area (TPSA) is 51.1 Å². The van der Waals surface area contributed by atoms with Gasteiger partial charge in [-0.15, -0.1) is 0 Å². The first-order chi connectivity index (χ1) is 8.66. The number of nitrogens with zero attached hydrogens (tertiary/aromatic N) is 1. The third-order valence-electron chi connectivity index (χ3n) is 3.31. The van der Waals surface area contributed by atoms with Gasteiger partial charge < -0.3 is 9.88 Å². The minimum atomic E-state index is -0.158. The van der Waals surface area contributed by atoms with Gasteiger partial charge in [0.1, 0.15) is 0 Å². The molecule has 1 N–H and O–H groups in total. The average molecular weight is 242 g/mol. The highest BCUT2D eigenvalue weighted by atomic mass is 16.2. The predicted octanol–water partition coefficient (Wildman–Crippen LogP) is 1.43. The highest BCUT2D eigenvalue weighted by Gasteiger charge is 2.24. The Balaban J connectivity index is 2.18. The minimum absolute atomic E-state index is 0.147. The number of rotatable bonds is 2. The number of hydrogen-bond donors (Lipinski definition) is 1. The van der Waals surface area contributed by atoms with E-state index in [2.05, 4.69) is 5.32 Å². The van der Waals surface area contributed by atoms with Crippen molar-refractivity contribution in [3.05, 3.63) is 46.2 Å². The fourth-order valence-corrected chi connectivity index (χ4v) is 2.09. The lowest BCUT2D eigenvalue weighted by Gasteiger charge is -2.09. The smallest absolute Gasteiger partial charge is 0.252 e. The van der Waals surface area contributed by atoms with Crippen molar-refractivity contribution in [3.63, 3.8) is 0 Å². The monoisotopic (exact) mass is 242 g/mol. The zero-order valence-electron chi connectivity index (χ0n) is 10.1. The van der Waals surface area contributed by atoms with E-state index >= 15 is 0 Å². The lowest BCUT2D eigenvalue weighted by atomic mass is 10.1. The number of nitrogens with one attached hydrogen (secondary N) is 1. The molecule has 1 fully saturated rings. The summed E-state index contributed by atoms with van der Waals surface area (Å²) in [6.45, 7) is 0. The predicted molar refractivity (Wildman–Crippen MR) is 69.7 cm³/mol. The van der Waals surface area contributed by atoms with Crippen molar-refractivity contribution in [2.24, 2.45) is 7.05 Å². The Kier molecular flexibility index (Phi) is 2.44. The van der Waals surface area contributed by atoms with E-state index in [4.69, 9.17) is 0 Å². The number of hydrogen-bond acceptors (Lipinski definition) is 2. The first kappa shape index (κ1) is 11.0. The lowest BCUT2D eigenvalue weighted by molar-refractivity contribution is 0.0952. The summed E-state index contributed by atoms with van der Waals surface area (Å²) in [5, 5.41) is 3.74. The summed E-state index contributed by atoms with van der Waals surface area (Å²) >= 11 is 0. The van der Waals surface area contributed by atoms with Gasteiger partial charge in [0.15, 0.2) is 0 Å². The zero-order valence-corrected chi connectivity index (χ0v) is 10.1. The molecule has 92 valence electrons. The summed E-state index contributed by atoms with van der Waals surface area (Å²) in [6.07, 6.45) is 2.07. The molecular formula is C14H14N2O2. The maximum atomic E-state index is 12.1. The molecule has 2 aromatic rings. The van der Waals surface area contributed by atoms with Crippen LogP contribution in [0.3, 0.4) is 0 Å². The molecule has 1 heterocycles. The molecule has 4 nitrogen and oxygen atoms in total. The number of benzene rings is 1. The van der Waals surface area contributed by atoms with Crippen LogP contribution in [0.15, 0.2) is 35.1 Å². The molecule has 0 aliphatic heterocycles. The average Bonchev–Trinajstić information content (AvgIpc) is 3.17. The number of carbonyl (C=O) groups is 1. The molecule has 0 unspecified atom stereocenters. The number of fused-ring (bicyclic) bond motifs is 1. The fourth-order valence-electron chi connectivity index (χ4n) is 2.09. The molecule has 1 aromatic heterocycles. The highest BCUT2D eigenvalue weighted by molar-refractivity contribution is 6.06. The molecule has 1 saturated carbocycles. The number of para-hydroxylation sites is 1. The SMILES string of the molecule is Cn1c(=O)cc(C(=O)NC2CC2)c2ccccc21. The van der Waals surface area contributed by atoms with Crippen LogP contribution in [-0.2, 0) is 7.05 Å². The summed E-state index contributed by atoms with van der Waals surface area (Å²) in [6, 6.07) is 9.17. The second-order valence-corrected chi connectivity index (χ2v) is 4.72. The van der Waals surface area contributed by atoms with E-state index in [-0.39, 0.29) is 11.5 Å². The number of pyridine rings is 1. The number of amides is 1. The highest BCUT2D eigenvalue weighted by Crippen LogP contribution is 2.21. The van der Waals surface area contributed by atoms with Crippen LogP contribution in [0, 0.1) is 0 Å². The van der Waals surface area contributed by atoms with Crippen molar-refractivity contribution in [3.8, 4) is 0 Å². The number of aromatic nitrogens is 1. The van der Waals surface area contributed by atoms with E-state index < -0.39 is 0 Å². The van der Waals surface area contributed by atoms with E-state index in [0.29, 0.717) is 11.6 Å². The van der Waals surface area contributed by atoms with Gasteiger partial charge in [-0.25, -0.2) is 0 Å². The molecule has 0 spiro atoms. The van der Waals surface area contributed by atoms with Crippen LogP contribution in [0.4, 0.5) is 0 Å². The second-order valence-electron chi connectivity index (χ2n) is 4.72. The first-order valence-corrected chi connectivity index (χ1v) is 6.06. The third-order valence-corrected chi connectivity index (χ3v) is 3.31. The van der Waals surface area contributed by atoms with Gasteiger partial charge in [0.2, 0.25) is 0 Å². The van der Waals surface area contributed by atoms with Crippen LogP contribution in [-0.4, -0.2) is 16.5 Å². The maximum absolute atomic E-state index is 12.1. The third kappa shape index (κ3) is 1.79. The van der Waals surface area contributed by atoms with Crippen molar-refractivity contribution in [2.45, 2.75) is 18.9 Å². The first-order valence-electron chi connectivity index (χ1n) is 6.06. The van der Waals surface area contributed by atoms with Crippen LogP contribution in [0.1, 0.15) is 23.2 Å². The number of carbonyl (C=O) groups excluding carboxylic acids is 1. The summed E-state index contributed by atoms with van der Waals surface area (Å²) in [4.78, 5) is 24.0. The molecule has 1 amide bonds. The van der Waals surface area contributed by atoms with Crippen molar-refractivity contribution in [1.82, 2.24) is 9.88 Å². The van der Waals surface area contributed by atoms with Crippen molar-refractivity contribution < 1.29 is 4.79 Å². The molecule has 1 aliphatic rings. The molecule has 1 aromatic carbocycles. The van der Waals surface area contributed by atoms with Gasteiger partial charge in [-0.05, 0) is 18.9 Å². The molecule has 1 aliphatic carbocycles. The number of aryl methyl sites for hydroxylation is 1. The molecular weight excluding hydrogens is 228 g/mol. The Bertz CT molecular complexity index is 684.